The molecular formula is C16H20N8O6. The van der Waals surface area contributed by atoms with Gasteiger partial charge in [0.2, 0.25) is 5.95 Å². The van der Waals surface area contributed by atoms with Gasteiger partial charge in [-0.2, -0.15) is 4.98 Å². The summed E-state index contributed by atoms with van der Waals surface area (Å²) in [4.78, 5) is 45.6. The largest absolute Gasteiger partial charge is 0.387 e. The average Bonchev–Trinajstić information content (AvgIpc) is 3.25. The van der Waals surface area contributed by atoms with Crippen LogP contribution in [0.15, 0.2) is 20.7 Å². The van der Waals surface area contributed by atoms with E-state index in [9.17, 15) is 24.6 Å². The van der Waals surface area contributed by atoms with Crippen molar-refractivity contribution in [3.63, 3.8) is 0 Å². The normalized spacial score (nSPS) is 24.0. The van der Waals surface area contributed by atoms with Gasteiger partial charge in [0.25, 0.3) is 16.4 Å². The lowest BCUT2D eigenvalue weighted by Gasteiger charge is -2.19. The average molecular weight is 420 g/mol. The Labute approximate surface area is 167 Å². The summed E-state index contributed by atoms with van der Waals surface area (Å²) in [6, 6.07) is 0. The zero-order valence-electron chi connectivity index (χ0n) is 15.5. The Balaban J connectivity index is 1.52. The van der Waals surface area contributed by atoms with Crippen molar-refractivity contribution in [1.82, 2.24) is 19.5 Å². The first-order chi connectivity index (χ1) is 14.3. The van der Waals surface area contributed by atoms with E-state index < -0.39 is 41.0 Å². The molecule has 0 saturated carbocycles. The first-order valence-electron chi connectivity index (χ1n) is 9.08. The second-order valence-corrected chi connectivity index (χ2v) is 6.83. The summed E-state index contributed by atoms with van der Waals surface area (Å²) in [5, 5.41) is 26.3. The number of aliphatic hydroxyl groups is 2. The molecule has 0 radical (unpaired) electrons. The molecular weight excluding hydrogens is 400 g/mol. The van der Waals surface area contributed by atoms with Gasteiger partial charge in [-0.05, 0) is 0 Å². The highest BCUT2D eigenvalue weighted by molar-refractivity contribution is 5.74. The molecule has 0 unspecified atom stereocenters. The fourth-order valence-electron chi connectivity index (χ4n) is 3.39. The summed E-state index contributed by atoms with van der Waals surface area (Å²) >= 11 is 0. The second kappa shape index (κ2) is 7.49. The van der Waals surface area contributed by atoms with Gasteiger partial charge in [0.05, 0.1) is 6.33 Å². The Hall–Kier alpha value is -3.33. The zero-order chi connectivity index (χ0) is 21.6. The second-order valence-electron chi connectivity index (χ2n) is 6.83. The lowest BCUT2D eigenvalue weighted by Crippen LogP contribution is -2.41. The molecule has 0 aliphatic carbocycles. The van der Waals surface area contributed by atoms with E-state index in [2.05, 4.69) is 25.6 Å². The number of nitrogens with two attached hydrogens (primary N) is 2. The van der Waals surface area contributed by atoms with Crippen LogP contribution < -0.4 is 38.5 Å². The minimum absolute atomic E-state index is 0.00424. The van der Waals surface area contributed by atoms with Gasteiger partial charge in [0.15, 0.2) is 17.4 Å². The fourth-order valence-corrected chi connectivity index (χ4v) is 3.39. The summed E-state index contributed by atoms with van der Waals surface area (Å²) in [6.45, 7) is 0.516. The van der Waals surface area contributed by atoms with Crippen molar-refractivity contribution < 1.29 is 14.9 Å². The van der Waals surface area contributed by atoms with Crippen LogP contribution in [0.2, 0.25) is 0 Å². The van der Waals surface area contributed by atoms with Gasteiger partial charge in [0, 0.05) is 19.6 Å². The number of aromatic amines is 1. The molecule has 14 nitrogen and oxygen atoms in total. The van der Waals surface area contributed by atoms with E-state index in [-0.39, 0.29) is 41.6 Å². The quantitative estimate of drug-likeness (QED) is 0.184. The van der Waals surface area contributed by atoms with Crippen LogP contribution in [-0.2, 0) is 4.74 Å². The maximum absolute atomic E-state index is 11.9. The highest BCUT2D eigenvalue weighted by Gasteiger charge is 2.44. The number of ether oxygens (including phenoxy) is 1. The van der Waals surface area contributed by atoms with Gasteiger partial charge >= 0.3 is 0 Å². The Morgan fingerprint density at radius 3 is 2.57 bits per heavy atom. The number of aromatic nitrogens is 4. The molecule has 14 heteroatoms. The Morgan fingerprint density at radius 1 is 1.17 bits per heavy atom. The van der Waals surface area contributed by atoms with Crippen molar-refractivity contribution in [2.75, 3.05) is 36.0 Å². The maximum atomic E-state index is 11.9. The number of nitrogens with one attached hydrogen (secondary N) is 3. The summed E-state index contributed by atoms with van der Waals surface area (Å²) in [7, 11) is 0. The number of H-pyrrole nitrogens is 1. The summed E-state index contributed by atoms with van der Waals surface area (Å²) in [5.41, 5.74) is 9.30. The number of anilines is 3. The van der Waals surface area contributed by atoms with Gasteiger partial charge < -0.3 is 37.1 Å². The van der Waals surface area contributed by atoms with Crippen LogP contribution >= 0.6 is 0 Å². The first kappa shape index (κ1) is 20.0. The van der Waals surface area contributed by atoms with Gasteiger partial charge in [-0.1, -0.05) is 0 Å². The molecule has 3 aromatic rings. The minimum Gasteiger partial charge on any atom is -0.387 e. The van der Waals surface area contributed by atoms with Crippen molar-refractivity contribution in [1.29, 1.82) is 0 Å². The van der Waals surface area contributed by atoms with E-state index in [0.29, 0.717) is 6.54 Å². The van der Waals surface area contributed by atoms with Crippen molar-refractivity contribution in [2.45, 2.75) is 24.5 Å². The zero-order valence-corrected chi connectivity index (χ0v) is 15.5. The first-order valence-corrected chi connectivity index (χ1v) is 9.08. The number of imidazole rings is 1. The lowest BCUT2D eigenvalue weighted by molar-refractivity contribution is -0.0312. The number of rotatable bonds is 7. The standard InChI is InChI=1S/C16H20N8O6/c17-1-2-19-6-7(11(27)10(6)26)20-3-5-9(25)12(28)15(30-5)24-4-21-8-13(24)22-16(18)23-14(8)29/h4-5,9,12,15,19-20,25,28H,1-3,17H2,(H3,18,22,23,29)/t5-,9+,12-,15-/m1/s1. The Kier molecular flexibility index (Phi) is 4.98. The van der Waals surface area contributed by atoms with Crippen LogP contribution in [0, 0.1) is 0 Å². The molecule has 0 spiro atoms. The maximum Gasteiger partial charge on any atom is 0.280 e. The number of hydrogen-bond acceptors (Lipinski definition) is 12. The van der Waals surface area contributed by atoms with E-state index in [1.54, 1.807) is 0 Å². The Bertz CT molecular complexity index is 1210. The molecule has 9 N–H and O–H groups in total. The molecule has 1 aliphatic heterocycles. The molecule has 4 atom stereocenters. The smallest absolute Gasteiger partial charge is 0.280 e. The van der Waals surface area contributed by atoms with Crippen molar-refractivity contribution in [3.8, 4) is 0 Å². The van der Waals surface area contributed by atoms with E-state index in [4.69, 9.17) is 16.2 Å². The predicted octanol–water partition coefficient (Wildman–Crippen LogP) is -3.60. The molecule has 1 saturated heterocycles. The summed E-state index contributed by atoms with van der Waals surface area (Å²) in [6.07, 6.45) is -3.50. The van der Waals surface area contributed by atoms with E-state index in [1.807, 2.05) is 0 Å². The molecule has 0 bridgehead atoms. The third-order valence-corrected chi connectivity index (χ3v) is 4.90. The van der Waals surface area contributed by atoms with E-state index in [0.717, 1.165) is 0 Å². The van der Waals surface area contributed by atoms with Crippen LogP contribution in [-0.4, -0.2) is 67.7 Å². The van der Waals surface area contributed by atoms with Gasteiger partial charge in [-0.25, -0.2) is 4.98 Å². The number of aliphatic hydroxyl groups excluding tert-OH is 2. The molecule has 160 valence electrons. The molecule has 0 amide bonds. The fraction of sp³-hybridized carbons (Fsp3) is 0.438. The number of nitrogen functional groups attached to an aromatic ring is 1. The number of nitrogens with zero attached hydrogens (tertiary/aromatic N) is 3. The third kappa shape index (κ3) is 3.11. The van der Waals surface area contributed by atoms with Crippen LogP contribution in [0.4, 0.5) is 17.3 Å². The van der Waals surface area contributed by atoms with Crippen LogP contribution in [0.5, 0.6) is 0 Å². The van der Waals surface area contributed by atoms with Crippen molar-refractivity contribution in [3.05, 3.63) is 37.1 Å². The van der Waals surface area contributed by atoms with E-state index >= 15 is 0 Å². The van der Waals surface area contributed by atoms with Crippen LogP contribution in [0.3, 0.4) is 0 Å². The number of hydrogen-bond donors (Lipinski definition) is 7. The molecule has 1 aromatic carbocycles. The number of fused-ring (bicyclic) bond motifs is 1. The molecule has 1 fully saturated rings. The molecule has 30 heavy (non-hydrogen) atoms. The monoisotopic (exact) mass is 420 g/mol. The topological polar surface area (TPSA) is 224 Å². The van der Waals surface area contributed by atoms with Gasteiger partial charge in [-0.15, -0.1) is 0 Å². The van der Waals surface area contributed by atoms with Crippen molar-refractivity contribution in [2.24, 2.45) is 5.73 Å². The molecule has 4 rings (SSSR count). The third-order valence-electron chi connectivity index (χ3n) is 4.90. The lowest BCUT2D eigenvalue weighted by atomic mass is 10.1. The minimum atomic E-state index is -1.38. The Morgan fingerprint density at radius 2 is 1.87 bits per heavy atom. The van der Waals surface area contributed by atoms with Crippen LogP contribution in [0.25, 0.3) is 11.2 Å². The van der Waals surface area contributed by atoms with Crippen LogP contribution in [0.1, 0.15) is 6.23 Å². The summed E-state index contributed by atoms with van der Waals surface area (Å²) < 4.78 is 7.02. The summed E-state index contributed by atoms with van der Waals surface area (Å²) in [5.74, 6) is -0.141. The molecule has 3 heterocycles. The highest BCUT2D eigenvalue weighted by atomic mass is 16.6. The van der Waals surface area contributed by atoms with Gasteiger partial charge in [-0.3, -0.25) is 23.9 Å². The molecule has 2 aromatic heterocycles. The SMILES string of the molecule is NCCNc1c(NC[C@H]2O[C@@H](n3cnc4c(=O)[nH]c(N)nc43)[C@H](O)[C@H]2O)c(=O)c1=O. The van der Waals surface area contributed by atoms with E-state index in [1.165, 1.54) is 10.9 Å². The van der Waals surface area contributed by atoms with Gasteiger partial charge in [0.1, 0.15) is 29.7 Å². The molecule has 1 aliphatic rings. The highest BCUT2D eigenvalue weighted by Crippen LogP contribution is 2.31. The van der Waals surface area contributed by atoms with Crippen molar-refractivity contribution >= 4 is 28.5 Å². The predicted molar refractivity (Wildman–Crippen MR) is 106 cm³/mol.